The lowest BCUT2D eigenvalue weighted by Crippen LogP contribution is -2.36. The summed E-state index contributed by atoms with van der Waals surface area (Å²) in [5.41, 5.74) is 5.44. The molecule has 0 N–H and O–H groups in total. The Kier molecular flexibility index (Phi) is 8.87. The van der Waals surface area contributed by atoms with Crippen LogP contribution in [0, 0.1) is 0 Å². The highest BCUT2D eigenvalue weighted by atomic mass is 16.2. The number of aromatic nitrogens is 6. The zero-order valence-electron chi connectivity index (χ0n) is 25.5. The highest BCUT2D eigenvalue weighted by Crippen LogP contribution is 2.26. The fraction of sp³-hybridized carbons (Fsp3) is 0.111. The zero-order chi connectivity index (χ0) is 31.9. The maximum atomic E-state index is 12.5. The summed E-state index contributed by atoms with van der Waals surface area (Å²) in [5.74, 6) is -0.447. The van der Waals surface area contributed by atoms with Crippen LogP contribution in [0.1, 0.15) is 0 Å². The van der Waals surface area contributed by atoms with Gasteiger partial charge in [0.25, 0.3) is 0 Å². The first-order valence-corrected chi connectivity index (χ1v) is 14.7. The molecule has 0 bridgehead atoms. The van der Waals surface area contributed by atoms with Crippen molar-refractivity contribution in [3.8, 4) is 33.6 Å². The summed E-state index contributed by atoms with van der Waals surface area (Å²) in [6.07, 6.45) is 18.5. The Hall–Kier alpha value is -6.16. The molecule has 226 valence electrons. The fourth-order valence-electron chi connectivity index (χ4n) is 4.82. The standard InChI is InChI=1S/C36H32N8O2/c1-41-15-9-31(10-16-41)39-35(45)25-43-19-5-27(6-20-43)29-3-13-37-33(23-29)34-24-30(4-14-38-34)28-7-21-44(22-8-28)26-36(46)40-32-11-17-42(2)18-12-32/h3-24H,25-26H2,1-2H3/q+2. The first kappa shape index (κ1) is 29.9. The molecule has 10 heteroatoms. The van der Waals surface area contributed by atoms with E-state index in [4.69, 9.17) is 0 Å². The van der Waals surface area contributed by atoms with Crippen LogP contribution in [0.3, 0.4) is 0 Å². The van der Waals surface area contributed by atoms with Crippen molar-refractivity contribution in [2.24, 2.45) is 24.1 Å². The van der Waals surface area contributed by atoms with Crippen molar-refractivity contribution < 1.29 is 18.7 Å². The minimum atomic E-state index is -0.224. The molecule has 0 aliphatic heterocycles. The molecule has 0 saturated heterocycles. The maximum Gasteiger partial charge on any atom is 0.312 e. The molecule has 0 aromatic carbocycles. The summed E-state index contributed by atoms with van der Waals surface area (Å²) < 4.78 is 7.40. The number of carbonyl (C=O) groups excluding carboxylic acids is 2. The maximum absolute atomic E-state index is 12.5. The molecule has 0 unspecified atom stereocenters. The number of hydrogen-bond acceptors (Lipinski definition) is 4. The van der Waals surface area contributed by atoms with Crippen LogP contribution < -0.4 is 19.8 Å². The molecular formula is C36H32N8O2+2. The van der Waals surface area contributed by atoms with Gasteiger partial charge < -0.3 is 9.13 Å². The molecule has 10 nitrogen and oxygen atoms in total. The third kappa shape index (κ3) is 7.67. The van der Waals surface area contributed by atoms with E-state index in [-0.39, 0.29) is 24.9 Å². The highest BCUT2D eigenvalue weighted by molar-refractivity contribution is 5.76. The lowest BCUT2D eigenvalue weighted by molar-refractivity contribution is -0.684. The summed E-state index contributed by atoms with van der Waals surface area (Å²) in [6, 6.07) is 23.0. The average Bonchev–Trinajstić information content (AvgIpc) is 3.08. The summed E-state index contributed by atoms with van der Waals surface area (Å²) >= 11 is 0. The predicted molar refractivity (Wildman–Crippen MR) is 171 cm³/mol. The van der Waals surface area contributed by atoms with Crippen LogP contribution in [-0.4, -0.2) is 30.9 Å². The monoisotopic (exact) mass is 608 g/mol. The first-order chi connectivity index (χ1) is 22.4. The minimum absolute atomic E-state index is 0.150. The van der Waals surface area contributed by atoms with Crippen molar-refractivity contribution in [2.75, 3.05) is 0 Å². The van der Waals surface area contributed by atoms with Crippen molar-refractivity contribution in [1.29, 1.82) is 0 Å². The van der Waals surface area contributed by atoms with E-state index >= 15 is 0 Å². The quantitative estimate of drug-likeness (QED) is 0.260. The van der Waals surface area contributed by atoms with E-state index in [1.165, 1.54) is 0 Å². The number of nitrogens with zero attached hydrogens (tertiary/aromatic N) is 8. The number of pyridine rings is 6. The third-order valence-corrected chi connectivity index (χ3v) is 7.30. The van der Waals surface area contributed by atoms with Crippen LogP contribution >= 0.6 is 0 Å². The molecular weight excluding hydrogens is 576 g/mol. The van der Waals surface area contributed by atoms with E-state index in [0.29, 0.717) is 10.7 Å². The molecule has 0 aliphatic rings. The van der Waals surface area contributed by atoms with Gasteiger partial charge in [0.1, 0.15) is 0 Å². The van der Waals surface area contributed by atoms with Gasteiger partial charge in [0.2, 0.25) is 13.1 Å². The van der Waals surface area contributed by atoms with Crippen LogP contribution in [0.2, 0.25) is 0 Å². The van der Waals surface area contributed by atoms with E-state index in [9.17, 15) is 9.59 Å². The van der Waals surface area contributed by atoms with Gasteiger partial charge in [-0.3, -0.25) is 19.6 Å². The van der Waals surface area contributed by atoms with Gasteiger partial charge in [-0.1, -0.05) is 0 Å². The van der Waals surface area contributed by atoms with Gasteiger partial charge in [-0.25, -0.2) is 9.98 Å². The topological polar surface area (TPSA) is 102 Å². The van der Waals surface area contributed by atoms with Crippen molar-refractivity contribution >= 4 is 11.8 Å². The Morgan fingerprint density at radius 3 is 1.30 bits per heavy atom. The van der Waals surface area contributed by atoms with E-state index in [0.717, 1.165) is 33.6 Å². The number of amides is 2. The molecule has 2 amide bonds. The summed E-state index contributed by atoms with van der Waals surface area (Å²) in [6.45, 7) is 0.301. The normalized spacial score (nSPS) is 10.7. The number of hydrogen-bond donors (Lipinski definition) is 0. The van der Waals surface area contributed by atoms with Gasteiger partial charge >= 0.3 is 11.8 Å². The first-order valence-electron chi connectivity index (χ1n) is 14.7. The Balaban J connectivity index is 1.13. The lowest BCUT2D eigenvalue weighted by atomic mass is 10.0. The zero-order valence-corrected chi connectivity index (χ0v) is 25.5. The van der Waals surface area contributed by atoms with Crippen LogP contribution in [-0.2, 0) is 36.8 Å². The molecule has 0 radical (unpaired) electrons. The van der Waals surface area contributed by atoms with Crippen molar-refractivity contribution in [1.82, 2.24) is 19.1 Å². The Bertz CT molecular complexity index is 1970. The van der Waals surface area contributed by atoms with Crippen LogP contribution in [0.25, 0.3) is 33.6 Å². The van der Waals surface area contributed by atoms with Crippen LogP contribution in [0.4, 0.5) is 0 Å². The van der Waals surface area contributed by atoms with Crippen LogP contribution in [0.5, 0.6) is 0 Å². The van der Waals surface area contributed by atoms with Gasteiger partial charge in [0.15, 0.2) is 24.8 Å². The van der Waals surface area contributed by atoms with E-state index in [2.05, 4.69) is 20.0 Å². The molecule has 0 atom stereocenters. The van der Waals surface area contributed by atoms with Crippen molar-refractivity contribution in [3.05, 3.63) is 145 Å². The molecule has 6 heterocycles. The largest absolute Gasteiger partial charge is 0.357 e. The summed E-state index contributed by atoms with van der Waals surface area (Å²) in [4.78, 5) is 42.4. The van der Waals surface area contributed by atoms with Gasteiger partial charge in [0.05, 0.1) is 22.1 Å². The van der Waals surface area contributed by atoms with Gasteiger partial charge in [-0.15, -0.1) is 0 Å². The molecule has 0 aliphatic carbocycles. The van der Waals surface area contributed by atoms with E-state index < -0.39 is 0 Å². The molecule has 0 spiro atoms. The van der Waals surface area contributed by atoms with E-state index in [1.807, 2.05) is 130 Å². The molecule has 46 heavy (non-hydrogen) atoms. The van der Waals surface area contributed by atoms with Gasteiger partial charge in [-0.2, -0.15) is 9.13 Å². The predicted octanol–water partition coefficient (Wildman–Crippen LogP) is 2.98. The molecule has 6 aromatic heterocycles. The molecule has 6 rings (SSSR count). The number of carbonyl (C=O) groups is 2. The Morgan fingerprint density at radius 1 is 0.565 bits per heavy atom. The average molecular weight is 609 g/mol. The van der Waals surface area contributed by atoms with Crippen molar-refractivity contribution in [3.63, 3.8) is 0 Å². The number of aryl methyl sites for hydroxylation is 2. The SMILES string of the molecule is Cn1ccc(=NC(=O)C[n+]2ccc(-c3ccnc(-c4cc(-c5cc[n+](CC(=O)N=c6ccn(C)cc6)cc5)ccn4)c3)cc2)cc1. The fourth-order valence-corrected chi connectivity index (χ4v) is 4.82. The smallest absolute Gasteiger partial charge is 0.312 e. The second-order valence-electron chi connectivity index (χ2n) is 10.8. The second-order valence-corrected chi connectivity index (χ2v) is 10.8. The Labute approximate surface area is 265 Å². The third-order valence-electron chi connectivity index (χ3n) is 7.30. The summed E-state index contributed by atoms with van der Waals surface area (Å²) in [5, 5.41) is 1.27. The van der Waals surface area contributed by atoms with Gasteiger partial charge in [0, 0.05) is 75.5 Å². The summed E-state index contributed by atoms with van der Waals surface area (Å²) in [7, 11) is 3.83. The lowest BCUT2D eigenvalue weighted by Gasteiger charge is -2.07. The molecule has 0 fully saturated rings. The minimum Gasteiger partial charge on any atom is -0.357 e. The highest BCUT2D eigenvalue weighted by Gasteiger charge is 2.12. The second kappa shape index (κ2) is 13.6. The molecule has 0 saturated carbocycles. The Morgan fingerprint density at radius 2 is 0.935 bits per heavy atom. The van der Waals surface area contributed by atoms with Crippen LogP contribution in [0.15, 0.2) is 145 Å². The van der Waals surface area contributed by atoms with Gasteiger partial charge in [-0.05, 0) is 70.8 Å². The van der Waals surface area contributed by atoms with Crippen molar-refractivity contribution in [2.45, 2.75) is 13.1 Å². The van der Waals surface area contributed by atoms with E-state index in [1.54, 1.807) is 36.7 Å². The molecule has 6 aromatic rings. The number of rotatable bonds is 7.